The van der Waals surface area contributed by atoms with Gasteiger partial charge in [-0.05, 0) is 27.7 Å². The Kier molecular flexibility index (Phi) is 3.70. The number of halogens is 1. The predicted molar refractivity (Wildman–Crippen MR) is 77.7 cm³/mol. The van der Waals surface area contributed by atoms with E-state index in [4.69, 9.17) is 4.42 Å². The van der Waals surface area contributed by atoms with E-state index in [-0.39, 0.29) is 5.76 Å². The monoisotopic (exact) mass is 349 g/mol. The van der Waals surface area contributed by atoms with Gasteiger partial charge in [-0.25, -0.2) is 4.98 Å². The minimum atomic E-state index is 0.262. The summed E-state index contributed by atoms with van der Waals surface area (Å²) in [5.41, 5.74) is 0.957. The molecule has 7 heteroatoms. The molecule has 3 rings (SSSR count). The van der Waals surface area contributed by atoms with Crippen LogP contribution in [0, 0.1) is 0 Å². The van der Waals surface area contributed by atoms with Crippen LogP contribution in [0.25, 0.3) is 11.4 Å². The third-order valence-corrected chi connectivity index (χ3v) is 4.19. The summed E-state index contributed by atoms with van der Waals surface area (Å²) < 4.78 is 6.04. The summed E-state index contributed by atoms with van der Waals surface area (Å²) in [4.78, 5) is 15.0. The highest BCUT2D eigenvalue weighted by atomic mass is 79.9. The molecular formula is C13H8BrN3O2S. The Balaban J connectivity index is 1.84. The Morgan fingerprint density at radius 1 is 1.30 bits per heavy atom. The number of aldehydes is 1. The molecule has 0 unspecified atom stereocenters. The summed E-state index contributed by atoms with van der Waals surface area (Å²) in [5.74, 6) is 0.949. The zero-order valence-corrected chi connectivity index (χ0v) is 12.4. The second-order valence-corrected chi connectivity index (χ2v) is 5.63. The molecule has 2 aromatic heterocycles. The van der Waals surface area contributed by atoms with Crippen molar-refractivity contribution in [3.8, 4) is 11.4 Å². The lowest BCUT2D eigenvalue weighted by molar-refractivity contribution is 0.109. The summed E-state index contributed by atoms with van der Waals surface area (Å²) in [5, 5.41) is 8.07. The first-order valence-corrected chi connectivity index (χ1v) is 7.27. The van der Waals surface area contributed by atoms with Crippen molar-refractivity contribution < 1.29 is 9.21 Å². The summed E-state index contributed by atoms with van der Waals surface area (Å²) in [6.45, 7) is 0. The van der Waals surface area contributed by atoms with Gasteiger partial charge in [0, 0.05) is 11.6 Å². The van der Waals surface area contributed by atoms with Crippen LogP contribution in [0.2, 0.25) is 0 Å². The number of furan rings is 1. The molecule has 0 fully saturated rings. The summed E-state index contributed by atoms with van der Waals surface area (Å²) in [6.07, 6.45) is 0.655. The van der Waals surface area contributed by atoms with Crippen molar-refractivity contribution in [3.63, 3.8) is 0 Å². The minimum absolute atomic E-state index is 0.262. The highest BCUT2D eigenvalue weighted by Crippen LogP contribution is 2.34. The second-order valence-electron chi connectivity index (χ2n) is 3.84. The predicted octanol–water partition coefficient (Wildman–Crippen LogP) is 3.79. The van der Waals surface area contributed by atoms with Crippen molar-refractivity contribution in [2.45, 2.75) is 10.2 Å². The summed E-state index contributed by atoms with van der Waals surface area (Å²) in [7, 11) is 0. The van der Waals surface area contributed by atoms with Crippen LogP contribution in [0.3, 0.4) is 0 Å². The van der Waals surface area contributed by atoms with Crippen LogP contribution < -0.4 is 0 Å². The van der Waals surface area contributed by atoms with Crippen molar-refractivity contribution in [1.29, 1.82) is 0 Å². The van der Waals surface area contributed by atoms with Crippen molar-refractivity contribution in [2.75, 3.05) is 0 Å². The molecule has 2 heterocycles. The molecule has 0 saturated carbocycles. The summed E-state index contributed by atoms with van der Waals surface area (Å²) in [6, 6.07) is 11.3. The van der Waals surface area contributed by atoms with Gasteiger partial charge in [0.05, 0.1) is 4.47 Å². The molecule has 1 N–H and O–H groups in total. The van der Waals surface area contributed by atoms with E-state index in [1.54, 1.807) is 6.07 Å². The fourth-order valence-corrected chi connectivity index (χ4v) is 2.83. The van der Waals surface area contributed by atoms with Crippen LogP contribution in [0.15, 0.2) is 55.5 Å². The molecule has 100 valence electrons. The van der Waals surface area contributed by atoms with E-state index in [1.807, 2.05) is 30.3 Å². The SMILES string of the molecule is O=Cc1cc(Br)c(Sc2n[nH]c(-c3ccccc3)n2)o1. The quantitative estimate of drug-likeness (QED) is 0.725. The lowest BCUT2D eigenvalue weighted by Gasteiger charge is -1.93. The molecule has 0 aliphatic carbocycles. The number of nitrogens with zero attached hydrogens (tertiary/aromatic N) is 2. The van der Waals surface area contributed by atoms with Crippen molar-refractivity contribution in [2.24, 2.45) is 0 Å². The molecule has 0 amide bonds. The number of carbonyl (C=O) groups excluding carboxylic acids is 1. The van der Waals surface area contributed by atoms with Crippen molar-refractivity contribution in [3.05, 3.63) is 46.6 Å². The minimum Gasteiger partial charge on any atom is -0.445 e. The van der Waals surface area contributed by atoms with Gasteiger partial charge in [-0.1, -0.05) is 30.3 Å². The lowest BCUT2D eigenvalue weighted by Crippen LogP contribution is -1.78. The fraction of sp³-hybridized carbons (Fsp3) is 0. The highest BCUT2D eigenvalue weighted by Gasteiger charge is 2.13. The van der Waals surface area contributed by atoms with Gasteiger partial charge in [0.25, 0.3) is 0 Å². The van der Waals surface area contributed by atoms with Crippen LogP contribution in [0.1, 0.15) is 10.6 Å². The number of nitrogens with one attached hydrogen (secondary N) is 1. The number of benzene rings is 1. The molecule has 0 radical (unpaired) electrons. The number of H-pyrrole nitrogens is 1. The zero-order valence-electron chi connectivity index (χ0n) is 10.0. The van der Waals surface area contributed by atoms with E-state index in [1.165, 1.54) is 11.8 Å². The van der Waals surface area contributed by atoms with Crippen LogP contribution in [0.5, 0.6) is 0 Å². The Bertz CT molecular complexity index is 739. The fourth-order valence-electron chi connectivity index (χ4n) is 1.60. The van der Waals surface area contributed by atoms with Crippen molar-refractivity contribution >= 4 is 34.0 Å². The topological polar surface area (TPSA) is 71.8 Å². The summed E-state index contributed by atoms with van der Waals surface area (Å²) >= 11 is 4.57. The van der Waals surface area contributed by atoms with E-state index < -0.39 is 0 Å². The van der Waals surface area contributed by atoms with E-state index in [0.29, 0.717) is 26.8 Å². The average Bonchev–Trinajstić information content (AvgIpc) is 3.08. The van der Waals surface area contributed by atoms with Gasteiger partial charge in [-0.15, -0.1) is 5.10 Å². The molecule has 5 nitrogen and oxygen atoms in total. The number of aromatic amines is 1. The van der Waals surface area contributed by atoms with Gasteiger partial charge in [0.15, 0.2) is 23.0 Å². The van der Waals surface area contributed by atoms with Gasteiger partial charge >= 0.3 is 0 Å². The van der Waals surface area contributed by atoms with Crippen LogP contribution in [-0.2, 0) is 0 Å². The molecule has 0 aliphatic rings. The molecule has 0 spiro atoms. The third-order valence-electron chi connectivity index (χ3n) is 2.49. The third kappa shape index (κ3) is 2.68. The van der Waals surface area contributed by atoms with Gasteiger partial charge in [-0.3, -0.25) is 9.89 Å². The van der Waals surface area contributed by atoms with Crippen LogP contribution in [-0.4, -0.2) is 21.5 Å². The maximum Gasteiger partial charge on any atom is 0.216 e. The second kappa shape index (κ2) is 5.64. The van der Waals surface area contributed by atoms with Crippen LogP contribution in [0.4, 0.5) is 0 Å². The van der Waals surface area contributed by atoms with E-state index in [2.05, 4.69) is 31.1 Å². The highest BCUT2D eigenvalue weighted by molar-refractivity contribution is 9.10. The molecule has 20 heavy (non-hydrogen) atoms. The van der Waals surface area contributed by atoms with E-state index >= 15 is 0 Å². The van der Waals surface area contributed by atoms with Crippen LogP contribution >= 0.6 is 27.7 Å². The maximum absolute atomic E-state index is 10.7. The Morgan fingerprint density at radius 2 is 2.10 bits per heavy atom. The number of rotatable bonds is 4. The Labute approximate surface area is 126 Å². The van der Waals surface area contributed by atoms with Gasteiger partial charge in [-0.2, -0.15) is 0 Å². The number of carbonyl (C=O) groups is 1. The largest absolute Gasteiger partial charge is 0.445 e. The molecule has 0 saturated heterocycles. The van der Waals surface area contributed by atoms with Gasteiger partial charge in [0.2, 0.25) is 5.16 Å². The van der Waals surface area contributed by atoms with Crippen molar-refractivity contribution in [1.82, 2.24) is 15.2 Å². The maximum atomic E-state index is 10.7. The molecule has 0 aliphatic heterocycles. The first-order valence-electron chi connectivity index (χ1n) is 5.66. The normalized spacial score (nSPS) is 10.7. The molecule has 0 bridgehead atoms. The first-order chi connectivity index (χ1) is 9.76. The standard InChI is InChI=1S/C13H8BrN3O2S/c14-10-6-9(7-18)19-12(10)20-13-15-11(16-17-13)8-4-2-1-3-5-8/h1-7H,(H,15,16,17). The molecule has 1 aromatic carbocycles. The lowest BCUT2D eigenvalue weighted by atomic mass is 10.2. The van der Waals surface area contributed by atoms with E-state index in [9.17, 15) is 4.79 Å². The number of hydrogen-bond donors (Lipinski definition) is 1. The average molecular weight is 350 g/mol. The molecule has 0 atom stereocenters. The number of hydrogen-bond acceptors (Lipinski definition) is 5. The molecular weight excluding hydrogens is 342 g/mol. The van der Waals surface area contributed by atoms with Gasteiger partial charge in [0.1, 0.15) is 0 Å². The Hall–Kier alpha value is -1.86. The van der Waals surface area contributed by atoms with E-state index in [0.717, 1.165) is 5.56 Å². The Morgan fingerprint density at radius 3 is 2.80 bits per heavy atom. The number of aromatic nitrogens is 3. The smallest absolute Gasteiger partial charge is 0.216 e. The first kappa shape index (κ1) is 13.1. The zero-order chi connectivity index (χ0) is 13.9. The molecule has 3 aromatic rings. The van der Waals surface area contributed by atoms with Gasteiger partial charge < -0.3 is 4.42 Å².